The molecule has 0 aliphatic carbocycles. The normalized spacial score (nSPS) is 18.4. The summed E-state index contributed by atoms with van der Waals surface area (Å²) >= 11 is 1.77. The van der Waals surface area contributed by atoms with Crippen LogP contribution in [0, 0.1) is 5.41 Å². The first-order valence-corrected chi connectivity index (χ1v) is 10.0. The molecule has 0 bridgehead atoms. The third kappa shape index (κ3) is 4.49. The Morgan fingerprint density at radius 2 is 1.89 bits per heavy atom. The van der Waals surface area contributed by atoms with Crippen molar-refractivity contribution in [3.63, 3.8) is 0 Å². The van der Waals surface area contributed by atoms with E-state index in [0.717, 1.165) is 37.5 Å². The fourth-order valence-corrected chi connectivity index (χ4v) is 4.03. The molecule has 1 spiro atoms. The lowest BCUT2D eigenvalue weighted by Crippen LogP contribution is -2.60. The number of aliphatic carboxylic acids is 1. The lowest BCUT2D eigenvalue weighted by molar-refractivity contribution is -0.192. The van der Waals surface area contributed by atoms with E-state index in [2.05, 4.69) is 44.6 Å². The van der Waals surface area contributed by atoms with Crippen molar-refractivity contribution in [2.45, 2.75) is 23.9 Å². The first-order valence-electron chi connectivity index (χ1n) is 8.79. The third-order valence-corrected chi connectivity index (χ3v) is 5.81. The minimum Gasteiger partial charge on any atom is -0.475 e. The van der Waals surface area contributed by atoms with Crippen molar-refractivity contribution >= 4 is 34.5 Å². The highest BCUT2D eigenvalue weighted by molar-refractivity contribution is 7.98. The van der Waals surface area contributed by atoms with Crippen LogP contribution in [0.5, 0.6) is 0 Å². The highest BCUT2D eigenvalue weighted by Crippen LogP contribution is 2.42. The fraction of sp³-hybridized carbons (Fsp3) is 0.500. The molecule has 0 radical (unpaired) electrons. The zero-order valence-electron chi connectivity index (χ0n) is 15.3. The van der Waals surface area contributed by atoms with Crippen molar-refractivity contribution in [2.24, 2.45) is 5.41 Å². The van der Waals surface area contributed by atoms with Crippen LogP contribution in [0.2, 0.25) is 0 Å². The number of thioether (sulfide) groups is 1. The summed E-state index contributed by atoms with van der Waals surface area (Å²) in [5.74, 6) is -1.65. The zero-order valence-corrected chi connectivity index (χ0v) is 16.1. The molecule has 2 aromatic rings. The van der Waals surface area contributed by atoms with Crippen LogP contribution in [0.15, 0.2) is 29.4 Å². The molecule has 6 nitrogen and oxygen atoms in total. The van der Waals surface area contributed by atoms with E-state index < -0.39 is 12.1 Å². The third-order valence-electron chi connectivity index (χ3n) is 5.08. The van der Waals surface area contributed by atoms with Crippen LogP contribution in [0.1, 0.15) is 12.8 Å². The monoisotopic (exact) mass is 414 g/mol. The van der Waals surface area contributed by atoms with Crippen LogP contribution < -0.4 is 10.2 Å². The smallest absolute Gasteiger partial charge is 0.475 e. The Bertz CT molecular complexity index is 848. The van der Waals surface area contributed by atoms with Crippen LogP contribution in [-0.4, -0.2) is 59.7 Å². The summed E-state index contributed by atoms with van der Waals surface area (Å²) < 4.78 is 31.7. The molecule has 152 valence electrons. The van der Waals surface area contributed by atoms with Crippen molar-refractivity contribution in [1.29, 1.82) is 0 Å². The molecule has 28 heavy (non-hydrogen) atoms. The molecule has 0 atom stereocenters. The number of carbonyl (C=O) groups is 1. The summed E-state index contributed by atoms with van der Waals surface area (Å²) in [6.45, 7) is 4.61. The first-order chi connectivity index (χ1) is 13.2. The second-order valence-corrected chi connectivity index (χ2v) is 7.87. The van der Waals surface area contributed by atoms with Gasteiger partial charge in [-0.2, -0.15) is 13.2 Å². The van der Waals surface area contributed by atoms with Crippen molar-refractivity contribution in [3.05, 3.63) is 24.5 Å². The second kappa shape index (κ2) is 8.12. The number of benzene rings is 1. The predicted octanol–water partition coefficient (Wildman–Crippen LogP) is 3.17. The number of hydrogen-bond acceptors (Lipinski definition) is 6. The SMILES string of the molecule is CSc1ccc2ncnc(N3CC4(CCNCC4)C3)c2c1.O=C(O)C(F)(F)F. The maximum Gasteiger partial charge on any atom is 0.490 e. The van der Waals surface area contributed by atoms with Gasteiger partial charge in [0.2, 0.25) is 0 Å². The van der Waals surface area contributed by atoms with E-state index in [4.69, 9.17) is 9.90 Å². The number of alkyl halides is 3. The zero-order chi connectivity index (χ0) is 20.4. The number of nitrogens with one attached hydrogen (secondary N) is 1. The van der Waals surface area contributed by atoms with Crippen molar-refractivity contribution < 1.29 is 23.1 Å². The Morgan fingerprint density at radius 3 is 2.46 bits per heavy atom. The number of halogens is 3. The van der Waals surface area contributed by atoms with Crippen LogP contribution in [-0.2, 0) is 4.79 Å². The van der Waals surface area contributed by atoms with Gasteiger partial charge in [0.25, 0.3) is 0 Å². The van der Waals surface area contributed by atoms with Gasteiger partial charge in [-0.15, -0.1) is 11.8 Å². The summed E-state index contributed by atoms with van der Waals surface area (Å²) in [7, 11) is 0. The Morgan fingerprint density at radius 1 is 1.25 bits per heavy atom. The molecule has 10 heteroatoms. The average Bonchev–Trinajstić information content (AvgIpc) is 2.65. The molecule has 1 aromatic heterocycles. The predicted molar refractivity (Wildman–Crippen MR) is 102 cm³/mol. The van der Waals surface area contributed by atoms with Gasteiger partial charge >= 0.3 is 12.1 Å². The number of nitrogens with zero attached hydrogens (tertiary/aromatic N) is 3. The van der Waals surface area contributed by atoms with E-state index in [-0.39, 0.29) is 0 Å². The number of anilines is 1. The minimum absolute atomic E-state index is 0.527. The topological polar surface area (TPSA) is 78.4 Å². The highest BCUT2D eigenvalue weighted by atomic mass is 32.2. The van der Waals surface area contributed by atoms with E-state index in [0.29, 0.717) is 5.41 Å². The number of hydrogen-bond donors (Lipinski definition) is 2. The average molecular weight is 414 g/mol. The van der Waals surface area contributed by atoms with E-state index in [1.807, 2.05) is 0 Å². The summed E-state index contributed by atoms with van der Waals surface area (Å²) in [6, 6.07) is 6.46. The van der Waals surface area contributed by atoms with Gasteiger partial charge in [0.05, 0.1) is 5.52 Å². The maximum absolute atomic E-state index is 10.6. The van der Waals surface area contributed by atoms with Gasteiger partial charge in [-0.25, -0.2) is 14.8 Å². The molecule has 1 aromatic carbocycles. The van der Waals surface area contributed by atoms with Gasteiger partial charge in [0, 0.05) is 28.8 Å². The summed E-state index contributed by atoms with van der Waals surface area (Å²) in [6.07, 6.45) is 1.31. The summed E-state index contributed by atoms with van der Waals surface area (Å²) in [4.78, 5) is 21.6. The molecule has 2 saturated heterocycles. The number of piperidine rings is 1. The summed E-state index contributed by atoms with van der Waals surface area (Å²) in [5, 5.41) is 11.8. The van der Waals surface area contributed by atoms with E-state index in [9.17, 15) is 13.2 Å². The Labute approximate surface area is 164 Å². The van der Waals surface area contributed by atoms with E-state index in [1.54, 1.807) is 18.1 Å². The fourth-order valence-electron chi connectivity index (χ4n) is 3.59. The van der Waals surface area contributed by atoms with Gasteiger partial charge in [-0.05, 0) is 50.4 Å². The Balaban J connectivity index is 0.000000279. The lowest BCUT2D eigenvalue weighted by Gasteiger charge is -2.53. The summed E-state index contributed by atoms with van der Waals surface area (Å²) in [5.41, 5.74) is 1.57. The van der Waals surface area contributed by atoms with E-state index in [1.165, 1.54) is 23.1 Å². The molecule has 2 fully saturated rings. The standard InChI is InChI=1S/C16H20N4S.C2HF3O2/c1-21-12-2-3-14-13(8-12)15(19-11-18-14)20-9-16(10-20)4-6-17-7-5-16;3-2(4,5)1(6)7/h2-3,8,11,17H,4-7,9-10H2,1H3;(H,6,7). The molecule has 3 heterocycles. The Hall–Kier alpha value is -2.07. The number of rotatable bonds is 2. The number of fused-ring (bicyclic) bond motifs is 1. The van der Waals surface area contributed by atoms with Crippen molar-refractivity contribution in [1.82, 2.24) is 15.3 Å². The molecule has 2 aliphatic rings. The largest absolute Gasteiger partial charge is 0.490 e. The molecular formula is C18H21F3N4O2S. The number of carboxylic acids is 1. The van der Waals surface area contributed by atoms with Crippen molar-refractivity contribution in [2.75, 3.05) is 37.3 Å². The number of carboxylic acid groups (broad SMARTS) is 1. The molecule has 0 amide bonds. The van der Waals surface area contributed by atoms with Gasteiger partial charge in [-0.3, -0.25) is 0 Å². The molecular weight excluding hydrogens is 393 g/mol. The van der Waals surface area contributed by atoms with Crippen LogP contribution >= 0.6 is 11.8 Å². The highest BCUT2D eigenvalue weighted by Gasteiger charge is 2.44. The quantitative estimate of drug-likeness (QED) is 0.731. The van der Waals surface area contributed by atoms with Gasteiger partial charge < -0.3 is 15.3 Å². The second-order valence-electron chi connectivity index (χ2n) is 6.99. The van der Waals surface area contributed by atoms with E-state index >= 15 is 0 Å². The van der Waals surface area contributed by atoms with Gasteiger partial charge in [0.15, 0.2) is 0 Å². The van der Waals surface area contributed by atoms with Crippen molar-refractivity contribution in [3.8, 4) is 0 Å². The van der Waals surface area contributed by atoms with Gasteiger partial charge in [-0.1, -0.05) is 0 Å². The van der Waals surface area contributed by atoms with Crippen LogP contribution in [0.4, 0.5) is 19.0 Å². The van der Waals surface area contributed by atoms with Crippen LogP contribution in [0.3, 0.4) is 0 Å². The maximum atomic E-state index is 10.6. The molecule has 0 saturated carbocycles. The van der Waals surface area contributed by atoms with Crippen LogP contribution in [0.25, 0.3) is 10.9 Å². The number of aromatic nitrogens is 2. The minimum atomic E-state index is -5.08. The molecule has 2 aliphatic heterocycles. The lowest BCUT2D eigenvalue weighted by atomic mass is 9.72. The molecule has 2 N–H and O–H groups in total. The molecule has 0 unspecified atom stereocenters. The Kier molecular flexibility index (Phi) is 5.99. The van der Waals surface area contributed by atoms with Gasteiger partial charge in [0.1, 0.15) is 12.1 Å². The first kappa shape index (κ1) is 20.7. The molecule has 4 rings (SSSR count).